The minimum atomic E-state index is -0.826. The van der Waals surface area contributed by atoms with Crippen LogP contribution in [0.25, 0.3) is 21.8 Å². The monoisotopic (exact) mass is 474 g/mol. The molecule has 166 valence electrons. The molecule has 0 saturated carbocycles. The molecule has 9 heteroatoms. The van der Waals surface area contributed by atoms with Crippen LogP contribution in [0.5, 0.6) is 17.4 Å². The lowest BCUT2D eigenvalue weighted by atomic mass is 10.1. The highest BCUT2D eigenvalue weighted by Crippen LogP contribution is 2.36. The van der Waals surface area contributed by atoms with E-state index < -0.39 is 6.16 Å². The van der Waals surface area contributed by atoms with Gasteiger partial charge in [0.25, 0.3) is 0 Å². The van der Waals surface area contributed by atoms with Gasteiger partial charge in [-0.3, -0.25) is 0 Å². The fourth-order valence-corrected chi connectivity index (χ4v) is 3.61. The lowest BCUT2D eigenvalue weighted by molar-refractivity contribution is 0.0705. The summed E-state index contributed by atoms with van der Waals surface area (Å²) in [7, 11) is 1.56. The molecular formula is C23H20Cl2N2O5. The molecule has 4 aromatic rings. The summed E-state index contributed by atoms with van der Waals surface area (Å²) in [6, 6.07) is 10.7. The number of ether oxygens (including phenoxy) is 4. The van der Waals surface area contributed by atoms with Crippen LogP contribution < -0.4 is 9.47 Å². The molecule has 0 amide bonds. The van der Waals surface area contributed by atoms with E-state index in [1.54, 1.807) is 45.4 Å². The summed E-state index contributed by atoms with van der Waals surface area (Å²) in [6.45, 7) is 3.66. The standard InChI is InChI=1S/C23H20Cl2N2O5/c1-12(2)30-23(28)32-22-16(11-29-3)21-15-8-13(5-7-19(15)27-20(21)10-26-22)31-14-4-6-17(24)18(25)9-14/h4-10,12,27H,11H2,1-3H3. The summed E-state index contributed by atoms with van der Waals surface area (Å²) in [5.74, 6) is 1.28. The number of carbonyl (C=O) groups excluding carboxylic acids is 1. The fraction of sp³-hybridized carbons (Fsp3) is 0.217. The van der Waals surface area contributed by atoms with Gasteiger partial charge in [0.1, 0.15) is 11.5 Å². The van der Waals surface area contributed by atoms with Crippen LogP contribution in [0, 0.1) is 0 Å². The molecule has 4 rings (SSSR count). The van der Waals surface area contributed by atoms with Crippen molar-refractivity contribution in [3.63, 3.8) is 0 Å². The number of pyridine rings is 1. The summed E-state index contributed by atoms with van der Waals surface area (Å²) in [5, 5.41) is 2.52. The molecule has 0 bridgehead atoms. The molecule has 2 aromatic carbocycles. The Kier molecular flexibility index (Phi) is 6.41. The molecule has 2 heterocycles. The van der Waals surface area contributed by atoms with E-state index in [1.807, 2.05) is 18.2 Å². The van der Waals surface area contributed by atoms with Gasteiger partial charge in [-0.1, -0.05) is 23.2 Å². The highest BCUT2D eigenvalue weighted by atomic mass is 35.5. The summed E-state index contributed by atoms with van der Waals surface area (Å²) in [6.07, 6.45) is 0.463. The minimum Gasteiger partial charge on any atom is -0.457 e. The number of nitrogens with zero attached hydrogens (tertiary/aromatic N) is 1. The predicted molar refractivity (Wildman–Crippen MR) is 123 cm³/mol. The first-order chi connectivity index (χ1) is 15.4. The van der Waals surface area contributed by atoms with E-state index in [2.05, 4.69) is 9.97 Å². The zero-order valence-electron chi connectivity index (χ0n) is 17.6. The molecule has 0 unspecified atom stereocenters. The summed E-state index contributed by atoms with van der Waals surface area (Å²) in [5.41, 5.74) is 2.24. The molecular weight excluding hydrogens is 455 g/mol. The number of methoxy groups -OCH3 is 1. The van der Waals surface area contributed by atoms with Crippen molar-refractivity contribution in [1.29, 1.82) is 0 Å². The van der Waals surface area contributed by atoms with Crippen LogP contribution in [0.4, 0.5) is 4.79 Å². The van der Waals surface area contributed by atoms with E-state index in [-0.39, 0.29) is 18.6 Å². The lowest BCUT2D eigenvalue weighted by Gasteiger charge is -2.12. The molecule has 0 aliphatic rings. The van der Waals surface area contributed by atoms with E-state index in [9.17, 15) is 4.79 Å². The number of benzene rings is 2. The number of carbonyl (C=O) groups is 1. The van der Waals surface area contributed by atoms with Gasteiger partial charge in [0.15, 0.2) is 0 Å². The number of rotatable bonds is 6. The van der Waals surface area contributed by atoms with Crippen molar-refractivity contribution in [1.82, 2.24) is 9.97 Å². The Morgan fingerprint density at radius 3 is 2.53 bits per heavy atom. The van der Waals surface area contributed by atoms with Crippen molar-refractivity contribution in [3.8, 4) is 17.4 Å². The Hall–Kier alpha value is -3.00. The summed E-state index contributed by atoms with van der Waals surface area (Å²) >= 11 is 12.1. The fourth-order valence-electron chi connectivity index (χ4n) is 3.32. The first-order valence-corrected chi connectivity index (χ1v) is 10.5. The highest BCUT2D eigenvalue weighted by molar-refractivity contribution is 6.42. The quantitative estimate of drug-likeness (QED) is 0.306. The number of H-pyrrole nitrogens is 1. The number of fused-ring (bicyclic) bond motifs is 3. The first kappa shape index (κ1) is 22.2. The number of halogens is 2. The van der Waals surface area contributed by atoms with Gasteiger partial charge in [-0.05, 0) is 44.2 Å². The van der Waals surface area contributed by atoms with Crippen LogP contribution in [0.2, 0.25) is 10.0 Å². The maximum Gasteiger partial charge on any atom is 0.515 e. The van der Waals surface area contributed by atoms with Crippen LogP contribution in [-0.2, 0) is 16.1 Å². The number of hydrogen-bond acceptors (Lipinski definition) is 6. The van der Waals surface area contributed by atoms with Gasteiger partial charge < -0.3 is 23.9 Å². The van der Waals surface area contributed by atoms with Gasteiger partial charge >= 0.3 is 6.16 Å². The van der Waals surface area contributed by atoms with Gasteiger partial charge in [-0.25, -0.2) is 9.78 Å². The molecule has 0 saturated heterocycles. The molecule has 1 N–H and O–H groups in total. The number of aromatic nitrogens is 2. The zero-order chi connectivity index (χ0) is 22.8. The Bertz CT molecular complexity index is 1300. The van der Waals surface area contributed by atoms with Crippen LogP contribution in [0.1, 0.15) is 19.4 Å². The molecule has 7 nitrogen and oxygen atoms in total. The van der Waals surface area contributed by atoms with Crippen molar-refractivity contribution >= 4 is 51.2 Å². The Labute approximate surface area is 194 Å². The molecule has 0 fully saturated rings. The molecule has 0 spiro atoms. The van der Waals surface area contributed by atoms with Crippen LogP contribution in [-0.4, -0.2) is 29.3 Å². The second-order valence-corrected chi connectivity index (χ2v) is 8.11. The molecule has 32 heavy (non-hydrogen) atoms. The number of aromatic amines is 1. The van der Waals surface area contributed by atoms with Crippen LogP contribution >= 0.6 is 23.2 Å². The third-order valence-corrected chi connectivity index (χ3v) is 5.34. The van der Waals surface area contributed by atoms with E-state index in [0.29, 0.717) is 27.1 Å². The maximum absolute atomic E-state index is 12.1. The molecule has 0 radical (unpaired) electrons. The average molecular weight is 475 g/mol. The molecule has 0 atom stereocenters. The van der Waals surface area contributed by atoms with Gasteiger partial charge in [0, 0.05) is 29.5 Å². The van der Waals surface area contributed by atoms with Gasteiger partial charge in [-0.2, -0.15) is 0 Å². The number of nitrogens with one attached hydrogen (secondary N) is 1. The smallest absolute Gasteiger partial charge is 0.457 e. The predicted octanol–water partition coefficient (Wildman–Crippen LogP) is 6.89. The molecule has 2 aromatic heterocycles. The highest BCUT2D eigenvalue weighted by Gasteiger charge is 2.19. The first-order valence-electron chi connectivity index (χ1n) is 9.79. The van der Waals surface area contributed by atoms with E-state index in [1.165, 1.54) is 0 Å². The van der Waals surface area contributed by atoms with Gasteiger partial charge in [0.2, 0.25) is 5.88 Å². The van der Waals surface area contributed by atoms with Crippen molar-refractivity contribution < 1.29 is 23.7 Å². The van der Waals surface area contributed by atoms with E-state index >= 15 is 0 Å². The topological polar surface area (TPSA) is 82.7 Å². The van der Waals surface area contributed by atoms with Crippen molar-refractivity contribution in [2.24, 2.45) is 0 Å². The number of hydrogen-bond donors (Lipinski definition) is 1. The third kappa shape index (κ3) is 4.60. The third-order valence-electron chi connectivity index (χ3n) is 4.60. The van der Waals surface area contributed by atoms with Gasteiger partial charge in [-0.15, -0.1) is 0 Å². The second kappa shape index (κ2) is 9.24. The van der Waals surface area contributed by atoms with Crippen molar-refractivity contribution in [2.45, 2.75) is 26.6 Å². The van der Waals surface area contributed by atoms with Crippen molar-refractivity contribution in [3.05, 3.63) is 58.2 Å². The second-order valence-electron chi connectivity index (χ2n) is 7.29. The zero-order valence-corrected chi connectivity index (χ0v) is 19.1. The average Bonchev–Trinajstić information content (AvgIpc) is 3.10. The summed E-state index contributed by atoms with van der Waals surface area (Å²) < 4.78 is 21.8. The van der Waals surface area contributed by atoms with E-state index in [0.717, 1.165) is 21.8 Å². The lowest BCUT2D eigenvalue weighted by Crippen LogP contribution is -2.17. The SMILES string of the molecule is COCc1c(OC(=O)OC(C)C)ncc2[nH]c3ccc(Oc4ccc(Cl)c(Cl)c4)cc3c12. The largest absolute Gasteiger partial charge is 0.515 e. The molecule has 0 aliphatic carbocycles. The van der Waals surface area contributed by atoms with E-state index in [4.69, 9.17) is 42.1 Å². The van der Waals surface area contributed by atoms with Crippen LogP contribution in [0.3, 0.4) is 0 Å². The van der Waals surface area contributed by atoms with Crippen molar-refractivity contribution in [2.75, 3.05) is 7.11 Å². The minimum absolute atomic E-state index is 0.127. The Morgan fingerprint density at radius 1 is 1.06 bits per heavy atom. The molecule has 0 aliphatic heterocycles. The summed E-state index contributed by atoms with van der Waals surface area (Å²) in [4.78, 5) is 19.6. The Balaban J connectivity index is 1.78. The maximum atomic E-state index is 12.1. The van der Waals surface area contributed by atoms with Gasteiger partial charge in [0.05, 0.1) is 40.0 Å². The Morgan fingerprint density at radius 2 is 1.81 bits per heavy atom. The normalized spacial score (nSPS) is 11.3. The van der Waals surface area contributed by atoms with Crippen LogP contribution in [0.15, 0.2) is 42.6 Å².